The fraction of sp³-hybridized carbons (Fsp3) is 0.200. The summed E-state index contributed by atoms with van der Waals surface area (Å²) >= 11 is 6.04. The van der Waals surface area contributed by atoms with Crippen LogP contribution in [0.15, 0.2) is 42.6 Å². The lowest BCUT2D eigenvalue weighted by molar-refractivity contribution is 0.0950. The van der Waals surface area contributed by atoms with E-state index in [2.05, 4.69) is 15.0 Å². The van der Waals surface area contributed by atoms with Crippen LogP contribution >= 0.6 is 11.6 Å². The molecule has 23 heavy (non-hydrogen) atoms. The SMILES string of the molecule is CS(=O)(=O)NCc1cc(C(=O)NCc2ccccc2Cl)ccn1. The fourth-order valence-electron chi connectivity index (χ4n) is 1.84. The Labute approximate surface area is 139 Å². The maximum Gasteiger partial charge on any atom is 0.251 e. The van der Waals surface area contributed by atoms with E-state index in [4.69, 9.17) is 11.6 Å². The van der Waals surface area contributed by atoms with Crippen molar-refractivity contribution in [3.05, 3.63) is 64.4 Å². The molecule has 0 saturated carbocycles. The van der Waals surface area contributed by atoms with Crippen LogP contribution in [0.4, 0.5) is 0 Å². The Morgan fingerprint density at radius 3 is 2.65 bits per heavy atom. The zero-order valence-electron chi connectivity index (χ0n) is 12.4. The summed E-state index contributed by atoms with van der Waals surface area (Å²) in [5, 5.41) is 3.35. The molecule has 0 saturated heterocycles. The Bertz CT molecular complexity index is 809. The number of amides is 1. The second kappa shape index (κ2) is 7.54. The Kier molecular flexibility index (Phi) is 5.70. The van der Waals surface area contributed by atoms with E-state index in [1.165, 1.54) is 6.20 Å². The highest BCUT2D eigenvalue weighted by Gasteiger charge is 2.09. The van der Waals surface area contributed by atoms with Gasteiger partial charge in [0.15, 0.2) is 0 Å². The molecule has 0 atom stereocenters. The number of sulfonamides is 1. The number of rotatable bonds is 6. The predicted octanol–water partition coefficient (Wildman–Crippen LogP) is 1.71. The van der Waals surface area contributed by atoms with Crippen LogP contribution < -0.4 is 10.0 Å². The van der Waals surface area contributed by atoms with Crippen molar-refractivity contribution in [1.82, 2.24) is 15.0 Å². The molecule has 0 aliphatic carbocycles. The number of halogens is 1. The minimum atomic E-state index is -3.31. The smallest absolute Gasteiger partial charge is 0.251 e. The van der Waals surface area contributed by atoms with E-state index in [1.807, 2.05) is 18.2 Å². The highest BCUT2D eigenvalue weighted by molar-refractivity contribution is 7.88. The molecule has 1 heterocycles. The van der Waals surface area contributed by atoms with Crippen molar-refractivity contribution in [2.45, 2.75) is 13.1 Å². The summed E-state index contributed by atoms with van der Waals surface area (Å²) < 4.78 is 24.5. The van der Waals surface area contributed by atoms with E-state index in [0.29, 0.717) is 22.8 Å². The predicted molar refractivity (Wildman–Crippen MR) is 88.5 cm³/mol. The number of pyridine rings is 1. The number of hydrogen-bond acceptors (Lipinski definition) is 4. The van der Waals surface area contributed by atoms with E-state index in [1.54, 1.807) is 18.2 Å². The van der Waals surface area contributed by atoms with Crippen molar-refractivity contribution < 1.29 is 13.2 Å². The topological polar surface area (TPSA) is 88.2 Å². The zero-order valence-corrected chi connectivity index (χ0v) is 14.0. The molecular formula is C15H16ClN3O3S. The van der Waals surface area contributed by atoms with Gasteiger partial charge in [0.05, 0.1) is 18.5 Å². The molecule has 0 fully saturated rings. The van der Waals surface area contributed by atoms with Crippen LogP contribution in [0.2, 0.25) is 5.02 Å². The van der Waals surface area contributed by atoms with Crippen LogP contribution in [0.3, 0.4) is 0 Å². The van der Waals surface area contributed by atoms with Crippen LogP contribution in [-0.4, -0.2) is 25.6 Å². The van der Waals surface area contributed by atoms with E-state index in [-0.39, 0.29) is 12.5 Å². The molecule has 1 aromatic heterocycles. The second-order valence-corrected chi connectivity index (χ2v) is 7.14. The first kappa shape index (κ1) is 17.4. The highest BCUT2D eigenvalue weighted by Crippen LogP contribution is 2.14. The molecule has 0 bridgehead atoms. The molecule has 8 heteroatoms. The number of carbonyl (C=O) groups excluding carboxylic acids is 1. The summed E-state index contributed by atoms with van der Waals surface area (Å²) in [6.45, 7) is 0.336. The van der Waals surface area contributed by atoms with Crippen molar-refractivity contribution in [3.8, 4) is 0 Å². The maximum absolute atomic E-state index is 12.2. The summed E-state index contributed by atoms with van der Waals surface area (Å²) in [6.07, 6.45) is 2.52. The second-order valence-electron chi connectivity index (χ2n) is 4.90. The zero-order chi connectivity index (χ0) is 16.9. The minimum Gasteiger partial charge on any atom is -0.348 e. The van der Waals surface area contributed by atoms with E-state index in [9.17, 15) is 13.2 Å². The molecule has 6 nitrogen and oxygen atoms in total. The molecule has 0 aliphatic rings. The molecule has 122 valence electrons. The van der Waals surface area contributed by atoms with Crippen molar-refractivity contribution in [1.29, 1.82) is 0 Å². The Hall–Kier alpha value is -1.96. The van der Waals surface area contributed by atoms with Gasteiger partial charge in [0.2, 0.25) is 10.0 Å². The Morgan fingerprint density at radius 2 is 1.96 bits per heavy atom. The number of aromatic nitrogens is 1. The first-order valence-corrected chi connectivity index (χ1v) is 9.03. The average molecular weight is 354 g/mol. The molecule has 1 aromatic carbocycles. The van der Waals surface area contributed by atoms with Gasteiger partial charge in [-0.1, -0.05) is 29.8 Å². The largest absolute Gasteiger partial charge is 0.348 e. The molecular weight excluding hydrogens is 338 g/mol. The van der Waals surface area contributed by atoms with Gasteiger partial charge in [0, 0.05) is 23.3 Å². The van der Waals surface area contributed by atoms with Crippen LogP contribution in [-0.2, 0) is 23.1 Å². The van der Waals surface area contributed by atoms with Crippen molar-refractivity contribution in [3.63, 3.8) is 0 Å². The summed E-state index contributed by atoms with van der Waals surface area (Å²) in [6, 6.07) is 10.3. The number of nitrogens with zero attached hydrogens (tertiary/aromatic N) is 1. The van der Waals surface area contributed by atoms with Gasteiger partial charge in [-0.3, -0.25) is 9.78 Å². The standard InChI is InChI=1S/C15H16ClN3O3S/c1-23(21,22)19-10-13-8-11(6-7-17-13)15(20)18-9-12-4-2-3-5-14(12)16/h2-8,19H,9-10H2,1H3,(H,18,20). The molecule has 2 aromatic rings. The molecule has 2 N–H and O–H groups in total. The third-order valence-corrected chi connectivity index (χ3v) is 4.03. The fourth-order valence-corrected chi connectivity index (χ4v) is 2.45. The van der Waals surface area contributed by atoms with Gasteiger partial charge >= 0.3 is 0 Å². The Morgan fingerprint density at radius 1 is 1.22 bits per heavy atom. The normalized spacial score (nSPS) is 11.2. The van der Waals surface area contributed by atoms with Gasteiger partial charge in [-0.25, -0.2) is 13.1 Å². The third kappa shape index (κ3) is 5.63. The Balaban J connectivity index is 2.01. The summed E-state index contributed by atoms with van der Waals surface area (Å²) in [5.74, 6) is -0.284. The minimum absolute atomic E-state index is 0.0322. The monoisotopic (exact) mass is 353 g/mol. The summed E-state index contributed by atoms with van der Waals surface area (Å²) in [4.78, 5) is 16.2. The lowest BCUT2D eigenvalue weighted by atomic mass is 10.2. The number of carbonyl (C=O) groups is 1. The summed E-state index contributed by atoms with van der Waals surface area (Å²) in [7, 11) is -3.31. The van der Waals surface area contributed by atoms with Gasteiger partial charge in [-0.05, 0) is 23.8 Å². The molecule has 0 aliphatic heterocycles. The lowest BCUT2D eigenvalue weighted by Crippen LogP contribution is -2.24. The first-order chi connectivity index (χ1) is 10.8. The lowest BCUT2D eigenvalue weighted by Gasteiger charge is -2.08. The molecule has 0 unspecified atom stereocenters. The quantitative estimate of drug-likeness (QED) is 0.827. The van der Waals surface area contributed by atoms with Crippen molar-refractivity contribution >= 4 is 27.5 Å². The third-order valence-electron chi connectivity index (χ3n) is 2.99. The van der Waals surface area contributed by atoms with Gasteiger partial charge in [0.1, 0.15) is 0 Å². The number of hydrogen-bond donors (Lipinski definition) is 2. The van der Waals surface area contributed by atoms with Crippen molar-refractivity contribution in [2.24, 2.45) is 0 Å². The first-order valence-electron chi connectivity index (χ1n) is 6.76. The van der Waals surface area contributed by atoms with Gasteiger partial charge in [-0.15, -0.1) is 0 Å². The average Bonchev–Trinajstić information content (AvgIpc) is 2.51. The van der Waals surface area contributed by atoms with Crippen molar-refractivity contribution in [2.75, 3.05) is 6.26 Å². The van der Waals surface area contributed by atoms with Gasteiger partial charge in [-0.2, -0.15) is 0 Å². The molecule has 0 radical (unpaired) electrons. The highest BCUT2D eigenvalue weighted by atomic mass is 35.5. The van der Waals surface area contributed by atoms with Crippen LogP contribution in [0.25, 0.3) is 0 Å². The molecule has 2 rings (SSSR count). The number of benzene rings is 1. The van der Waals surface area contributed by atoms with E-state index >= 15 is 0 Å². The van der Waals surface area contributed by atoms with Crippen LogP contribution in [0.1, 0.15) is 21.6 Å². The summed E-state index contributed by atoms with van der Waals surface area (Å²) in [5.41, 5.74) is 1.67. The van der Waals surface area contributed by atoms with E-state index in [0.717, 1.165) is 11.8 Å². The number of nitrogens with one attached hydrogen (secondary N) is 2. The molecule has 1 amide bonds. The maximum atomic E-state index is 12.2. The molecule has 0 spiro atoms. The van der Waals surface area contributed by atoms with Crippen LogP contribution in [0.5, 0.6) is 0 Å². The van der Waals surface area contributed by atoms with Crippen LogP contribution in [0, 0.1) is 0 Å². The van der Waals surface area contributed by atoms with E-state index < -0.39 is 10.0 Å². The van der Waals surface area contributed by atoms with Gasteiger partial charge in [0.25, 0.3) is 5.91 Å². The van der Waals surface area contributed by atoms with Gasteiger partial charge < -0.3 is 5.32 Å².